The first kappa shape index (κ1) is 24.4. The van der Waals surface area contributed by atoms with Crippen LogP contribution in [0.1, 0.15) is 54.4 Å². The molecule has 0 fully saturated rings. The average molecular weight is 416 g/mol. The largest absolute Gasteiger partial charge is 0.162 e. The van der Waals surface area contributed by atoms with Gasteiger partial charge in [0.15, 0.2) is 0 Å². The molecule has 23 heavy (non-hydrogen) atoms. The van der Waals surface area contributed by atoms with Crippen LogP contribution in [0.15, 0.2) is 0 Å². The second-order valence-corrected chi connectivity index (χ2v) is 24.4. The van der Waals surface area contributed by atoms with Crippen LogP contribution >= 0.6 is 35.0 Å². The summed E-state index contributed by atoms with van der Waals surface area (Å²) in [5.41, 5.74) is 0. The first-order valence-electron chi connectivity index (χ1n) is 8.91. The molecular formula is C18H40Cl2SSi2. The quantitative estimate of drug-likeness (QED) is 0.221. The molecule has 0 nitrogen and oxygen atoms in total. The fourth-order valence-corrected chi connectivity index (χ4v) is 9.62. The van der Waals surface area contributed by atoms with Crippen molar-refractivity contribution in [3.63, 3.8) is 0 Å². The minimum Gasteiger partial charge on any atom is -0.162 e. The maximum absolute atomic E-state index is 6.76. The monoisotopic (exact) mass is 414 g/mol. The van der Waals surface area contributed by atoms with Crippen LogP contribution in [-0.4, -0.2) is 37.7 Å². The van der Waals surface area contributed by atoms with E-state index in [0.29, 0.717) is 20.1 Å². The van der Waals surface area contributed by atoms with Crippen molar-refractivity contribution in [1.29, 1.82) is 0 Å². The summed E-state index contributed by atoms with van der Waals surface area (Å²) in [5, 5.41) is 1.46. The van der Waals surface area contributed by atoms with Crippen molar-refractivity contribution in [2.75, 3.05) is 11.5 Å². The summed E-state index contributed by atoms with van der Waals surface area (Å²) < 4.78 is 0. The van der Waals surface area contributed by atoms with Gasteiger partial charge in [-0.1, -0.05) is 67.7 Å². The van der Waals surface area contributed by atoms with E-state index in [1.165, 1.54) is 11.5 Å². The molecule has 0 spiro atoms. The molecule has 0 aromatic heterocycles. The summed E-state index contributed by atoms with van der Waals surface area (Å²) in [7, 11) is -2.82. The normalized spacial score (nSPS) is 17.2. The standard InChI is InChI=1S/C18H40Cl2SSi2/c1-17(2,3)22(7,8)15(19)11-13-21-14-12-16(20)23(9,10)18(4,5)6/h15-16H,11-14H2,1-10H3. The summed E-state index contributed by atoms with van der Waals surface area (Å²) in [6.07, 6.45) is 2.27. The van der Waals surface area contributed by atoms with Crippen molar-refractivity contribution >= 4 is 51.1 Å². The van der Waals surface area contributed by atoms with Crippen LogP contribution in [0.5, 0.6) is 0 Å². The Balaban J connectivity index is 4.21. The molecule has 0 aliphatic rings. The minimum atomic E-state index is -1.41. The molecule has 0 saturated heterocycles. The zero-order valence-electron chi connectivity index (χ0n) is 17.1. The lowest BCUT2D eigenvalue weighted by Crippen LogP contribution is -2.47. The molecule has 0 aliphatic carbocycles. The fraction of sp³-hybridized carbons (Fsp3) is 1.00. The molecule has 140 valence electrons. The number of hydrogen-bond donors (Lipinski definition) is 0. The maximum Gasteiger partial charge on any atom is 0.0732 e. The summed E-state index contributed by atoms with van der Waals surface area (Å²) >= 11 is 15.6. The number of hydrogen-bond acceptors (Lipinski definition) is 1. The SMILES string of the molecule is CC(C)(C)[Si](C)(C)C(Cl)CCSCCC(Cl)[Si](C)(C)C(C)(C)C. The predicted molar refractivity (Wildman–Crippen MR) is 120 cm³/mol. The third-order valence-electron chi connectivity index (χ3n) is 6.46. The second kappa shape index (κ2) is 8.84. The number of halogens is 2. The first-order chi connectivity index (χ1) is 10.0. The highest BCUT2D eigenvalue weighted by Crippen LogP contribution is 2.42. The molecule has 0 heterocycles. The minimum absolute atomic E-state index is 0.363. The van der Waals surface area contributed by atoms with E-state index < -0.39 is 16.1 Å². The molecule has 0 N–H and O–H groups in total. The van der Waals surface area contributed by atoms with Crippen molar-refractivity contribution in [3.8, 4) is 0 Å². The van der Waals surface area contributed by atoms with E-state index in [1.807, 2.05) is 11.8 Å². The van der Waals surface area contributed by atoms with Gasteiger partial charge in [-0.2, -0.15) is 11.8 Å². The van der Waals surface area contributed by atoms with Crippen LogP contribution < -0.4 is 0 Å². The van der Waals surface area contributed by atoms with Gasteiger partial charge in [-0.15, -0.1) is 23.2 Å². The van der Waals surface area contributed by atoms with Crippen molar-refractivity contribution in [1.82, 2.24) is 0 Å². The molecule has 0 saturated carbocycles. The Labute approximate surface area is 162 Å². The zero-order valence-corrected chi connectivity index (χ0v) is 21.5. The van der Waals surface area contributed by atoms with E-state index in [1.54, 1.807) is 0 Å². The predicted octanol–water partition coefficient (Wildman–Crippen LogP) is 7.81. The number of thioether (sulfide) groups is 1. The van der Waals surface area contributed by atoms with Gasteiger partial charge in [0.05, 0.1) is 16.1 Å². The third kappa shape index (κ3) is 6.88. The Morgan fingerprint density at radius 1 is 0.696 bits per heavy atom. The van der Waals surface area contributed by atoms with Crippen LogP contribution in [0.3, 0.4) is 0 Å². The Kier molecular flexibility index (Phi) is 9.36. The number of rotatable bonds is 8. The highest BCUT2D eigenvalue weighted by Gasteiger charge is 2.42. The van der Waals surface area contributed by atoms with E-state index in [4.69, 9.17) is 23.2 Å². The topological polar surface area (TPSA) is 0 Å². The Morgan fingerprint density at radius 3 is 1.17 bits per heavy atom. The molecule has 0 radical (unpaired) electrons. The van der Waals surface area contributed by atoms with Crippen LogP contribution in [0, 0.1) is 0 Å². The number of alkyl halides is 2. The molecular weight excluding hydrogens is 375 g/mol. The van der Waals surface area contributed by atoms with Gasteiger partial charge in [0.25, 0.3) is 0 Å². The molecule has 0 bridgehead atoms. The van der Waals surface area contributed by atoms with Gasteiger partial charge >= 0.3 is 0 Å². The summed E-state index contributed by atoms with van der Waals surface area (Å²) in [5.74, 6) is 2.34. The fourth-order valence-electron chi connectivity index (χ4n) is 2.14. The van der Waals surface area contributed by atoms with Crippen molar-refractivity contribution in [3.05, 3.63) is 0 Å². The van der Waals surface area contributed by atoms with E-state index in [9.17, 15) is 0 Å². The van der Waals surface area contributed by atoms with E-state index in [0.717, 1.165) is 12.8 Å². The molecule has 2 unspecified atom stereocenters. The average Bonchev–Trinajstić information content (AvgIpc) is 2.34. The summed E-state index contributed by atoms with van der Waals surface area (Å²) in [6, 6.07) is 0. The first-order valence-corrected chi connectivity index (χ1v) is 17.1. The smallest absolute Gasteiger partial charge is 0.0732 e. The molecule has 0 aliphatic heterocycles. The summed E-state index contributed by atoms with van der Waals surface area (Å²) in [4.78, 5) is 0. The highest BCUT2D eigenvalue weighted by atomic mass is 35.5. The van der Waals surface area contributed by atoms with Crippen LogP contribution in [0.4, 0.5) is 0 Å². The van der Waals surface area contributed by atoms with Crippen LogP contribution in [0.2, 0.25) is 36.3 Å². The van der Waals surface area contributed by atoms with Crippen molar-refractivity contribution < 1.29 is 0 Å². The van der Waals surface area contributed by atoms with E-state index in [2.05, 4.69) is 67.7 Å². The molecule has 0 aromatic carbocycles. The molecule has 2 atom stereocenters. The summed E-state index contributed by atoms with van der Waals surface area (Å²) in [6.45, 7) is 23.8. The lowest BCUT2D eigenvalue weighted by molar-refractivity contribution is 0.703. The van der Waals surface area contributed by atoms with Gasteiger partial charge in [0, 0.05) is 10.0 Å². The van der Waals surface area contributed by atoms with Crippen LogP contribution in [-0.2, 0) is 0 Å². The lowest BCUT2D eigenvalue weighted by Gasteiger charge is -2.41. The van der Waals surface area contributed by atoms with Gasteiger partial charge in [-0.25, -0.2) is 0 Å². The molecule has 0 rings (SSSR count). The van der Waals surface area contributed by atoms with Gasteiger partial charge in [-0.3, -0.25) is 0 Å². The highest BCUT2D eigenvalue weighted by molar-refractivity contribution is 7.99. The van der Waals surface area contributed by atoms with Crippen LogP contribution in [0.25, 0.3) is 0 Å². The molecule has 0 amide bonds. The maximum atomic E-state index is 6.76. The Bertz CT molecular complexity index is 323. The van der Waals surface area contributed by atoms with Gasteiger partial charge < -0.3 is 0 Å². The Morgan fingerprint density at radius 2 is 0.957 bits per heavy atom. The second-order valence-electron chi connectivity index (χ2n) is 10.1. The lowest BCUT2D eigenvalue weighted by atomic mass is 10.2. The third-order valence-corrected chi connectivity index (χ3v) is 22.7. The van der Waals surface area contributed by atoms with Crippen molar-refractivity contribution in [2.24, 2.45) is 0 Å². The zero-order chi connectivity index (χ0) is 18.7. The van der Waals surface area contributed by atoms with E-state index in [-0.39, 0.29) is 0 Å². The van der Waals surface area contributed by atoms with E-state index >= 15 is 0 Å². The Hall–Kier alpha value is 1.36. The van der Waals surface area contributed by atoms with Gasteiger partial charge in [0.2, 0.25) is 0 Å². The van der Waals surface area contributed by atoms with Crippen molar-refractivity contribution in [2.45, 2.75) is 101 Å². The molecule has 5 heteroatoms. The van der Waals surface area contributed by atoms with Gasteiger partial charge in [0.1, 0.15) is 0 Å². The molecule has 0 aromatic rings. The van der Waals surface area contributed by atoms with Gasteiger partial charge in [-0.05, 0) is 34.4 Å².